The highest BCUT2D eigenvalue weighted by Crippen LogP contribution is 2.21. The molecule has 0 N–H and O–H groups in total. The van der Waals surface area contributed by atoms with Gasteiger partial charge in [0.1, 0.15) is 0 Å². The Balaban J connectivity index is 2.62. The van der Waals surface area contributed by atoms with Crippen LogP contribution in [-0.2, 0) is 11.3 Å². The molecule has 88 valence electrons. The Morgan fingerprint density at radius 2 is 2.31 bits per heavy atom. The molecule has 1 aromatic heterocycles. The molecule has 1 aromatic rings. The number of allylic oxidation sites excluding steroid dienone is 1. The van der Waals surface area contributed by atoms with Gasteiger partial charge in [0.05, 0.1) is 6.54 Å². The Labute approximate surface area is 109 Å². The van der Waals surface area contributed by atoms with Crippen LogP contribution in [-0.4, -0.2) is 17.9 Å². The van der Waals surface area contributed by atoms with Crippen LogP contribution >= 0.6 is 27.3 Å². The van der Waals surface area contributed by atoms with Crippen LogP contribution in [0.15, 0.2) is 27.6 Å². The van der Waals surface area contributed by atoms with Crippen LogP contribution in [0.1, 0.15) is 25.1 Å². The number of halogens is 1. The first-order valence-electron chi connectivity index (χ1n) is 5.19. The number of likely N-dealkylation sites (N-methyl/N-ethyl adjacent to an activating group) is 1. The number of carbonyl (C=O) groups excluding carboxylic acids is 1. The number of carbonyl (C=O) groups is 1. The summed E-state index contributed by atoms with van der Waals surface area (Å²) < 4.78 is 1.08. The Hall–Kier alpha value is -0.610. The quantitative estimate of drug-likeness (QED) is 0.774. The summed E-state index contributed by atoms with van der Waals surface area (Å²) in [4.78, 5) is 14.8. The number of thiophene rings is 1. The molecule has 4 heteroatoms. The fourth-order valence-corrected chi connectivity index (χ4v) is 2.94. The normalized spacial score (nSPS) is 11.6. The molecule has 0 radical (unpaired) electrons. The van der Waals surface area contributed by atoms with E-state index in [4.69, 9.17) is 0 Å². The highest BCUT2D eigenvalue weighted by Gasteiger charge is 2.11. The molecule has 16 heavy (non-hydrogen) atoms. The van der Waals surface area contributed by atoms with Crippen LogP contribution in [0.4, 0.5) is 0 Å². The molecule has 0 spiro atoms. The van der Waals surface area contributed by atoms with E-state index in [9.17, 15) is 4.79 Å². The third kappa shape index (κ3) is 3.76. The molecule has 0 atom stereocenters. The standard InChI is InChI=1S/C12H16BrNOS/c1-4-5-9(2)12(15)14(3)7-11-6-10(13)8-16-11/h5-6,8H,4,7H2,1-3H3/b9-5-. The topological polar surface area (TPSA) is 20.3 Å². The summed E-state index contributed by atoms with van der Waals surface area (Å²) in [5, 5.41) is 2.03. The lowest BCUT2D eigenvalue weighted by atomic mass is 10.2. The first kappa shape index (κ1) is 13.5. The van der Waals surface area contributed by atoms with Crippen LogP contribution < -0.4 is 0 Å². The molecule has 0 saturated carbocycles. The number of amides is 1. The molecule has 0 aromatic carbocycles. The smallest absolute Gasteiger partial charge is 0.249 e. The number of nitrogens with zero attached hydrogens (tertiary/aromatic N) is 1. The van der Waals surface area contributed by atoms with Gasteiger partial charge in [0.25, 0.3) is 0 Å². The van der Waals surface area contributed by atoms with E-state index in [-0.39, 0.29) is 5.91 Å². The molecular formula is C12H16BrNOS. The van der Waals surface area contributed by atoms with Crippen LogP contribution in [0.2, 0.25) is 0 Å². The predicted octanol–water partition coefficient (Wildman–Crippen LogP) is 3.83. The predicted molar refractivity (Wildman–Crippen MR) is 72.5 cm³/mol. The van der Waals surface area contributed by atoms with Gasteiger partial charge in [0.2, 0.25) is 5.91 Å². The molecule has 0 unspecified atom stereocenters. The summed E-state index contributed by atoms with van der Waals surface area (Å²) in [5.74, 6) is 0.103. The lowest BCUT2D eigenvalue weighted by molar-refractivity contribution is -0.126. The van der Waals surface area contributed by atoms with Gasteiger partial charge in [-0.15, -0.1) is 11.3 Å². The van der Waals surface area contributed by atoms with Gasteiger partial charge < -0.3 is 4.90 Å². The zero-order chi connectivity index (χ0) is 12.1. The molecule has 2 nitrogen and oxygen atoms in total. The molecule has 1 heterocycles. The molecule has 0 bridgehead atoms. The second kappa shape index (κ2) is 6.21. The third-order valence-corrected chi connectivity index (χ3v) is 3.89. The van der Waals surface area contributed by atoms with E-state index < -0.39 is 0 Å². The SMILES string of the molecule is CC/C=C(/C)C(=O)N(C)Cc1cc(Br)cs1. The number of rotatable bonds is 4. The van der Waals surface area contributed by atoms with Gasteiger partial charge in [-0.2, -0.15) is 0 Å². The van der Waals surface area contributed by atoms with Crippen LogP contribution in [0, 0.1) is 0 Å². The maximum Gasteiger partial charge on any atom is 0.249 e. The van der Waals surface area contributed by atoms with Crippen molar-refractivity contribution in [2.24, 2.45) is 0 Å². The van der Waals surface area contributed by atoms with Crippen molar-refractivity contribution in [3.05, 3.63) is 32.4 Å². The van der Waals surface area contributed by atoms with E-state index in [1.54, 1.807) is 16.2 Å². The van der Waals surface area contributed by atoms with E-state index in [0.717, 1.165) is 16.5 Å². The second-order valence-corrected chi connectivity index (χ2v) is 5.60. The van der Waals surface area contributed by atoms with Gasteiger partial charge in [-0.3, -0.25) is 4.79 Å². The van der Waals surface area contributed by atoms with Crippen molar-refractivity contribution in [2.45, 2.75) is 26.8 Å². The lowest BCUT2D eigenvalue weighted by Crippen LogP contribution is -2.26. The largest absolute Gasteiger partial charge is 0.337 e. The summed E-state index contributed by atoms with van der Waals surface area (Å²) in [6.45, 7) is 4.57. The summed E-state index contributed by atoms with van der Waals surface area (Å²) in [6.07, 6.45) is 2.86. The second-order valence-electron chi connectivity index (χ2n) is 3.69. The van der Waals surface area contributed by atoms with Crippen molar-refractivity contribution >= 4 is 33.2 Å². The summed E-state index contributed by atoms with van der Waals surface area (Å²) in [7, 11) is 1.84. The van der Waals surface area contributed by atoms with Gasteiger partial charge >= 0.3 is 0 Å². The molecule has 0 saturated heterocycles. The van der Waals surface area contributed by atoms with E-state index in [1.165, 1.54) is 4.88 Å². The monoisotopic (exact) mass is 301 g/mol. The van der Waals surface area contributed by atoms with Crippen molar-refractivity contribution < 1.29 is 4.79 Å². The Bertz CT molecular complexity index is 397. The van der Waals surface area contributed by atoms with E-state index in [2.05, 4.69) is 15.9 Å². The van der Waals surface area contributed by atoms with Crippen molar-refractivity contribution in [2.75, 3.05) is 7.05 Å². The average molecular weight is 302 g/mol. The van der Waals surface area contributed by atoms with Gasteiger partial charge in [0.15, 0.2) is 0 Å². The molecular weight excluding hydrogens is 286 g/mol. The Kier molecular flexibility index (Phi) is 5.22. The van der Waals surface area contributed by atoms with E-state index in [1.807, 2.05) is 38.4 Å². The molecule has 0 aliphatic rings. The minimum absolute atomic E-state index is 0.103. The number of hydrogen-bond acceptors (Lipinski definition) is 2. The van der Waals surface area contributed by atoms with Crippen molar-refractivity contribution in [1.29, 1.82) is 0 Å². The van der Waals surface area contributed by atoms with Crippen molar-refractivity contribution in [3.8, 4) is 0 Å². The Morgan fingerprint density at radius 1 is 1.62 bits per heavy atom. The number of hydrogen-bond donors (Lipinski definition) is 0. The first-order valence-corrected chi connectivity index (χ1v) is 6.87. The molecule has 0 aliphatic carbocycles. The fraction of sp³-hybridized carbons (Fsp3) is 0.417. The maximum absolute atomic E-state index is 11.9. The molecule has 0 aliphatic heterocycles. The lowest BCUT2D eigenvalue weighted by Gasteiger charge is -2.16. The zero-order valence-corrected chi connectivity index (χ0v) is 12.2. The average Bonchev–Trinajstić information content (AvgIpc) is 2.63. The molecule has 1 amide bonds. The van der Waals surface area contributed by atoms with Crippen LogP contribution in [0.25, 0.3) is 0 Å². The summed E-state index contributed by atoms with van der Waals surface area (Å²) in [5.41, 5.74) is 0.820. The minimum atomic E-state index is 0.103. The van der Waals surface area contributed by atoms with Crippen LogP contribution in [0.3, 0.4) is 0 Å². The Morgan fingerprint density at radius 3 is 2.81 bits per heavy atom. The van der Waals surface area contributed by atoms with Crippen molar-refractivity contribution in [3.63, 3.8) is 0 Å². The molecule has 0 fully saturated rings. The highest BCUT2D eigenvalue weighted by molar-refractivity contribution is 9.10. The maximum atomic E-state index is 11.9. The minimum Gasteiger partial charge on any atom is -0.337 e. The van der Waals surface area contributed by atoms with E-state index in [0.29, 0.717) is 6.54 Å². The first-order chi connectivity index (χ1) is 7.54. The fourth-order valence-electron chi connectivity index (χ4n) is 1.44. The molecule has 1 rings (SSSR count). The van der Waals surface area contributed by atoms with Gasteiger partial charge in [-0.05, 0) is 35.3 Å². The van der Waals surface area contributed by atoms with Gasteiger partial charge in [-0.1, -0.05) is 13.0 Å². The highest BCUT2D eigenvalue weighted by atomic mass is 79.9. The zero-order valence-electron chi connectivity index (χ0n) is 9.79. The van der Waals surface area contributed by atoms with Crippen molar-refractivity contribution in [1.82, 2.24) is 4.90 Å². The van der Waals surface area contributed by atoms with Gasteiger partial charge in [-0.25, -0.2) is 0 Å². The summed E-state index contributed by atoms with van der Waals surface area (Å²) >= 11 is 5.07. The van der Waals surface area contributed by atoms with Crippen LogP contribution in [0.5, 0.6) is 0 Å². The summed E-state index contributed by atoms with van der Waals surface area (Å²) in [6, 6.07) is 2.05. The van der Waals surface area contributed by atoms with E-state index >= 15 is 0 Å². The third-order valence-electron chi connectivity index (χ3n) is 2.21. The van der Waals surface area contributed by atoms with Gasteiger partial charge in [0, 0.05) is 27.4 Å².